The highest BCUT2D eigenvalue weighted by atomic mass is 32.2. The number of anilines is 2. The summed E-state index contributed by atoms with van der Waals surface area (Å²) in [5, 5.41) is 3.06. The topological polar surface area (TPSA) is 105 Å². The van der Waals surface area contributed by atoms with E-state index in [0.29, 0.717) is 11.5 Å². The Morgan fingerprint density at radius 2 is 1.93 bits per heavy atom. The highest BCUT2D eigenvalue weighted by molar-refractivity contribution is 7.90. The van der Waals surface area contributed by atoms with E-state index in [1.807, 2.05) is 16.7 Å². The molecule has 1 saturated heterocycles. The van der Waals surface area contributed by atoms with Crippen molar-refractivity contribution in [2.45, 2.75) is 19.3 Å². The number of rotatable bonds is 6. The second-order valence-electron chi connectivity index (χ2n) is 6.96. The first kappa shape index (κ1) is 18.6. The second kappa shape index (κ2) is 7.70. The van der Waals surface area contributed by atoms with Crippen molar-refractivity contribution < 1.29 is 8.42 Å². The molecule has 10 heteroatoms. The van der Waals surface area contributed by atoms with Gasteiger partial charge < -0.3 is 10.2 Å². The Hall–Kier alpha value is -2.75. The predicted molar refractivity (Wildman–Crippen MR) is 108 cm³/mol. The maximum atomic E-state index is 11.3. The molecule has 0 radical (unpaired) electrons. The van der Waals surface area contributed by atoms with Gasteiger partial charge in [-0.25, -0.2) is 28.4 Å². The highest BCUT2D eigenvalue weighted by Crippen LogP contribution is 2.24. The van der Waals surface area contributed by atoms with Crippen LogP contribution in [0.25, 0.3) is 17.0 Å². The van der Waals surface area contributed by atoms with Crippen LogP contribution in [-0.2, 0) is 9.84 Å². The molecule has 0 saturated carbocycles. The van der Waals surface area contributed by atoms with Gasteiger partial charge in [-0.15, -0.1) is 0 Å². The number of imidazole rings is 1. The molecule has 1 N–H and O–H groups in total. The first-order valence-electron chi connectivity index (χ1n) is 9.33. The molecule has 0 aliphatic carbocycles. The smallest absolute Gasteiger partial charge is 0.225 e. The van der Waals surface area contributed by atoms with Crippen molar-refractivity contribution in [3.63, 3.8) is 0 Å². The van der Waals surface area contributed by atoms with Crippen molar-refractivity contribution in [3.05, 3.63) is 30.9 Å². The number of nitrogens with zero attached hydrogens (tertiary/aromatic N) is 6. The van der Waals surface area contributed by atoms with Crippen LogP contribution >= 0.6 is 0 Å². The maximum Gasteiger partial charge on any atom is 0.225 e. The van der Waals surface area contributed by atoms with E-state index in [1.165, 1.54) is 12.7 Å². The molecule has 0 bridgehead atoms. The van der Waals surface area contributed by atoms with E-state index in [2.05, 4.69) is 25.2 Å². The van der Waals surface area contributed by atoms with Gasteiger partial charge in [0.25, 0.3) is 0 Å². The van der Waals surface area contributed by atoms with Crippen LogP contribution in [0.15, 0.2) is 30.9 Å². The molecular weight excluding hydrogens is 378 g/mol. The van der Waals surface area contributed by atoms with Crippen LogP contribution < -0.4 is 10.2 Å². The minimum absolute atomic E-state index is 0.0361. The first-order valence-corrected chi connectivity index (χ1v) is 11.4. The average Bonchev–Trinajstić information content (AvgIpc) is 3.13. The summed E-state index contributed by atoms with van der Waals surface area (Å²) in [7, 11) is -3.04. The third-order valence-corrected chi connectivity index (χ3v) is 5.68. The Morgan fingerprint density at radius 1 is 1.11 bits per heavy atom. The molecule has 148 valence electrons. The van der Waals surface area contributed by atoms with Crippen LogP contribution in [0.1, 0.15) is 19.3 Å². The standard InChI is InChI=1S/C18H23N7O2S/c1-28(26,27)12-8-20-16-17-22-13-15(25(17)11-7-19-16)14-5-6-21-18(23-14)24-9-3-2-4-10-24/h5-7,11,13H,2-4,8-10,12H2,1H3,(H,19,20). The van der Waals surface area contributed by atoms with Gasteiger partial charge in [-0.3, -0.25) is 4.40 Å². The third kappa shape index (κ3) is 4.06. The van der Waals surface area contributed by atoms with Gasteiger partial charge in [-0.05, 0) is 25.3 Å². The summed E-state index contributed by atoms with van der Waals surface area (Å²) in [5.74, 6) is 1.32. The molecule has 1 aliphatic rings. The minimum atomic E-state index is -3.04. The summed E-state index contributed by atoms with van der Waals surface area (Å²) in [6, 6.07) is 1.87. The molecule has 0 amide bonds. The zero-order valence-electron chi connectivity index (χ0n) is 15.7. The zero-order chi connectivity index (χ0) is 19.6. The van der Waals surface area contributed by atoms with Gasteiger partial charge in [0.15, 0.2) is 11.5 Å². The molecule has 0 aromatic carbocycles. The van der Waals surface area contributed by atoms with Gasteiger partial charge in [0, 0.05) is 44.5 Å². The molecule has 1 fully saturated rings. The summed E-state index contributed by atoms with van der Waals surface area (Å²) in [5.41, 5.74) is 2.25. The van der Waals surface area contributed by atoms with Crippen LogP contribution in [0, 0.1) is 0 Å². The van der Waals surface area contributed by atoms with Gasteiger partial charge in [0.05, 0.1) is 23.3 Å². The minimum Gasteiger partial charge on any atom is -0.366 e. The van der Waals surface area contributed by atoms with E-state index in [-0.39, 0.29) is 12.3 Å². The van der Waals surface area contributed by atoms with Crippen molar-refractivity contribution in [1.29, 1.82) is 0 Å². The van der Waals surface area contributed by atoms with Crippen molar-refractivity contribution in [2.75, 3.05) is 41.9 Å². The summed E-state index contributed by atoms with van der Waals surface area (Å²) < 4.78 is 24.6. The largest absolute Gasteiger partial charge is 0.366 e. The van der Waals surface area contributed by atoms with Gasteiger partial charge in [-0.2, -0.15) is 0 Å². The van der Waals surface area contributed by atoms with Crippen LogP contribution in [0.3, 0.4) is 0 Å². The number of fused-ring (bicyclic) bond motifs is 1. The summed E-state index contributed by atoms with van der Waals surface area (Å²) in [6.07, 6.45) is 11.8. The van der Waals surface area contributed by atoms with Gasteiger partial charge in [0.1, 0.15) is 9.84 Å². The molecule has 0 unspecified atom stereocenters. The molecule has 4 rings (SSSR count). The summed E-state index contributed by atoms with van der Waals surface area (Å²) in [6.45, 7) is 2.24. The fourth-order valence-electron chi connectivity index (χ4n) is 3.33. The lowest BCUT2D eigenvalue weighted by Crippen LogP contribution is -2.31. The number of hydrogen-bond donors (Lipinski definition) is 1. The molecule has 3 aromatic heterocycles. The van der Waals surface area contributed by atoms with E-state index < -0.39 is 9.84 Å². The van der Waals surface area contributed by atoms with Crippen molar-refractivity contribution >= 4 is 27.3 Å². The molecule has 3 aromatic rings. The van der Waals surface area contributed by atoms with E-state index in [0.717, 1.165) is 43.3 Å². The summed E-state index contributed by atoms with van der Waals surface area (Å²) >= 11 is 0. The van der Waals surface area contributed by atoms with Gasteiger partial charge in [-0.1, -0.05) is 0 Å². The lowest BCUT2D eigenvalue weighted by Gasteiger charge is -2.26. The molecule has 1 aliphatic heterocycles. The number of nitrogens with one attached hydrogen (secondary N) is 1. The van der Waals surface area contributed by atoms with Gasteiger partial charge in [0.2, 0.25) is 5.95 Å². The third-order valence-electron chi connectivity index (χ3n) is 4.74. The van der Waals surface area contributed by atoms with E-state index >= 15 is 0 Å². The quantitative estimate of drug-likeness (QED) is 0.664. The number of aromatic nitrogens is 5. The first-order chi connectivity index (χ1) is 13.5. The Labute approximate surface area is 163 Å². The number of piperidine rings is 1. The predicted octanol–water partition coefficient (Wildman–Crippen LogP) is 1.63. The molecular formula is C18H23N7O2S. The Morgan fingerprint density at radius 3 is 2.71 bits per heavy atom. The Bertz CT molecular complexity index is 1070. The van der Waals surface area contributed by atoms with Crippen LogP contribution in [0.4, 0.5) is 11.8 Å². The highest BCUT2D eigenvalue weighted by Gasteiger charge is 2.16. The zero-order valence-corrected chi connectivity index (χ0v) is 16.6. The van der Waals surface area contributed by atoms with E-state index in [4.69, 9.17) is 4.98 Å². The molecule has 0 spiro atoms. The Kier molecular flexibility index (Phi) is 5.12. The normalized spacial score (nSPS) is 15.1. The van der Waals surface area contributed by atoms with E-state index in [1.54, 1.807) is 18.6 Å². The van der Waals surface area contributed by atoms with Crippen LogP contribution in [-0.4, -0.2) is 64.4 Å². The summed E-state index contributed by atoms with van der Waals surface area (Å²) in [4.78, 5) is 20.2. The van der Waals surface area contributed by atoms with Crippen LogP contribution in [0.2, 0.25) is 0 Å². The fraction of sp³-hybridized carbons (Fsp3) is 0.444. The lowest BCUT2D eigenvalue weighted by atomic mass is 10.1. The second-order valence-corrected chi connectivity index (χ2v) is 9.22. The Balaban J connectivity index is 1.62. The van der Waals surface area contributed by atoms with Crippen molar-refractivity contribution in [2.24, 2.45) is 0 Å². The lowest BCUT2D eigenvalue weighted by molar-refractivity contribution is 0.568. The molecule has 0 atom stereocenters. The molecule has 4 heterocycles. The fourth-order valence-corrected chi connectivity index (χ4v) is 3.80. The molecule has 9 nitrogen and oxygen atoms in total. The van der Waals surface area contributed by atoms with Crippen molar-refractivity contribution in [3.8, 4) is 11.4 Å². The average molecular weight is 401 g/mol. The maximum absolute atomic E-state index is 11.3. The van der Waals surface area contributed by atoms with Crippen molar-refractivity contribution in [1.82, 2.24) is 24.3 Å². The molecule has 28 heavy (non-hydrogen) atoms. The number of sulfone groups is 1. The van der Waals surface area contributed by atoms with E-state index in [9.17, 15) is 8.42 Å². The monoisotopic (exact) mass is 401 g/mol. The van der Waals surface area contributed by atoms with Crippen LogP contribution in [0.5, 0.6) is 0 Å². The van der Waals surface area contributed by atoms with Gasteiger partial charge >= 0.3 is 0 Å². The number of hydrogen-bond acceptors (Lipinski definition) is 8. The SMILES string of the molecule is CS(=O)(=O)CCNc1nccn2c(-c3ccnc(N4CCCCC4)n3)cnc12.